The van der Waals surface area contributed by atoms with Crippen LogP contribution in [-0.4, -0.2) is 33.2 Å². The Bertz CT molecular complexity index is 681. The number of benzene rings is 2. The van der Waals surface area contributed by atoms with E-state index in [0.717, 1.165) is 10.8 Å². The smallest absolute Gasteiger partial charge is 0.336 e. The van der Waals surface area contributed by atoms with Crippen molar-refractivity contribution in [2.75, 3.05) is 0 Å². The van der Waals surface area contributed by atoms with Gasteiger partial charge in [-0.2, -0.15) is 0 Å². The third-order valence-corrected chi connectivity index (χ3v) is 2.39. The summed E-state index contributed by atoms with van der Waals surface area (Å²) in [7, 11) is 0. The van der Waals surface area contributed by atoms with Crippen LogP contribution in [0.2, 0.25) is 0 Å². The number of carboxylic acid groups (broad SMARTS) is 3. The van der Waals surface area contributed by atoms with Crippen molar-refractivity contribution in [1.29, 1.82) is 0 Å². The summed E-state index contributed by atoms with van der Waals surface area (Å²) in [5.74, 6) is -3.39. The lowest BCUT2D eigenvalue weighted by atomic mass is 10.1. The fourth-order valence-corrected chi connectivity index (χ4v) is 1.55. The molecular formula is C15H12O6. The van der Waals surface area contributed by atoms with Crippen LogP contribution in [0, 0.1) is 0 Å². The highest BCUT2D eigenvalue weighted by atomic mass is 16.4. The van der Waals surface area contributed by atoms with Gasteiger partial charge in [-0.15, -0.1) is 0 Å². The standard InChI is InChI=1S/C11H8O2.C4H4O4/c12-11(13)10-7-3-5-8-4-1-2-6-9(8)10;5-3(6)1-2-4(7)8/h1-7H,(H,12,13);1-2H,(H,5,6)(H,7,8). The highest BCUT2D eigenvalue weighted by molar-refractivity contribution is 6.03. The maximum absolute atomic E-state index is 10.8. The summed E-state index contributed by atoms with van der Waals surface area (Å²) in [5.41, 5.74) is 0.359. The molecule has 0 unspecified atom stereocenters. The molecule has 108 valence electrons. The van der Waals surface area contributed by atoms with Gasteiger partial charge in [-0.05, 0) is 16.8 Å². The molecule has 0 heterocycles. The van der Waals surface area contributed by atoms with Crippen molar-refractivity contribution in [3.8, 4) is 0 Å². The summed E-state index contributed by atoms with van der Waals surface area (Å²) in [6.45, 7) is 0. The third kappa shape index (κ3) is 5.15. The van der Waals surface area contributed by atoms with Crippen molar-refractivity contribution in [2.45, 2.75) is 0 Å². The molecule has 2 aromatic carbocycles. The number of carbonyl (C=O) groups is 3. The summed E-state index contributed by atoms with van der Waals surface area (Å²) < 4.78 is 0. The van der Waals surface area contributed by atoms with Gasteiger partial charge in [0.25, 0.3) is 0 Å². The van der Waals surface area contributed by atoms with Crippen molar-refractivity contribution in [1.82, 2.24) is 0 Å². The van der Waals surface area contributed by atoms with Crippen LogP contribution in [0.5, 0.6) is 0 Å². The van der Waals surface area contributed by atoms with Crippen LogP contribution >= 0.6 is 0 Å². The Morgan fingerprint density at radius 3 is 1.81 bits per heavy atom. The summed E-state index contributed by atoms with van der Waals surface area (Å²) in [4.78, 5) is 29.9. The van der Waals surface area contributed by atoms with Crippen LogP contribution < -0.4 is 0 Å². The number of fused-ring (bicyclic) bond motifs is 1. The lowest BCUT2D eigenvalue weighted by Gasteiger charge is -2.00. The second-order valence-corrected chi connectivity index (χ2v) is 3.84. The van der Waals surface area contributed by atoms with Crippen LogP contribution in [0.4, 0.5) is 0 Å². The van der Waals surface area contributed by atoms with Gasteiger partial charge in [-0.25, -0.2) is 14.4 Å². The van der Waals surface area contributed by atoms with Gasteiger partial charge in [0.15, 0.2) is 0 Å². The van der Waals surface area contributed by atoms with Gasteiger partial charge >= 0.3 is 17.9 Å². The minimum Gasteiger partial charge on any atom is -0.478 e. The predicted molar refractivity (Wildman–Crippen MR) is 75.3 cm³/mol. The Hall–Kier alpha value is -3.15. The lowest BCUT2D eigenvalue weighted by molar-refractivity contribution is -0.134. The van der Waals surface area contributed by atoms with E-state index in [0.29, 0.717) is 17.7 Å². The van der Waals surface area contributed by atoms with Crippen molar-refractivity contribution < 1.29 is 29.7 Å². The summed E-state index contributed by atoms with van der Waals surface area (Å²) in [5, 5.41) is 26.3. The van der Waals surface area contributed by atoms with Gasteiger partial charge in [0, 0.05) is 12.2 Å². The summed E-state index contributed by atoms with van der Waals surface area (Å²) in [6, 6.07) is 12.7. The topological polar surface area (TPSA) is 112 Å². The molecule has 3 N–H and O–H groups in total. The molecule has 0 aliphatic rings. The quantitative estimate of drug-likeness (QED) is 0.747. The number of rotatable bonds is 3. The van der Waals surface area contributed by atoms with Crippen LogP contribution in [0.1, 0.15) is 10.4 Å². The Balaban J connectivity index is 0.000000240. The van der Waals surface area contributed by atoms with E-state index in [4.69, 9.17) is 15.3 Å². The SMILES string of the molecule is O=C(O)C=CC(=O)O.O=C(O)c1cccc2ccccc12. The molecule has 0 radical (unpaired) electrons. The first-order valence-corrected chi connectivity index (χ1v) is 5.77. The average Bonchev–Trinajstić information content (AvgIpc) is 2.45. The predicted octanol–water partition coefficient (Wildman–Crippen LogP) is 2.25. The van der Waals surface area contributed by atoms with Crippen molar-refractivity contribution in [2.24, 2.45) is 0 Å². The number of hydrogen-bond acceptors (Lipinski definition) is 3. The molecule has 0 fully saturated rings. The van der Waals surface area contributed by atoms with E-state index in [1.165, 1.54) is 0 Å². The Labute approximate surface area is 119 Å². The molecule has 2 rings (SSSR count). The number of aromatic carboxylic acids is 1. The zero-order valence-electron chi connectivity index (χ0n) is 10.8. The van der Waals surface area contributed by atoms with E-state index in [1.54, 1.807) is 12.1 Å². The molecule has 0 spiro atoms. The Kier molecular flexibility index (Phi) is 5.64. The van der Waals surface area contributed by atoms with Gasteiger partial charge in [0.2, 0.25) is 0 Å². The molecular weight excluding hydrogens is 276 g/mol. The Morgan fingerprint density at radius 1 is 0.762 bits per heavy atom. The Morgan fingerprint density at radius 2 is 1.29 bits per heavy atom. The molecule has 0 aliphatic heterocycles. The molecule has 21 heavy (non-hydrogen) atoms. The first-order chi connectivity index (χ1) is 9.91. The first kappa shape index (κ1) is 15.9. The molecule has 0 saturated heterocycles. The first-order valence-electron chi connectivity index (χ1n) is 5.77. The number of hydrogen-bond donors (Lipinski definition) is 3. The minimum atomic E-state index is -1.26. The maximum atomic E-state index is 10.8. The second-order valence-electron chi connectivity index (χ2n) is 3.84. The van der Waals surface area contributed by atoms with Crippen LogP contribution in [-0.2, 0) is 9.59 Å². The van der Waals surface area contributed by atoms with Gasteiger partial charge in [0.1, 0.15) is 0 Å². The molecule has 0 aromatic heterocycles. The van der Waals surface area contributed by atoms with Gasteiger partial charge in [0.05, 0.1) is 5.56 Å². The van der Waals surface area contributed by atoms with E-state index >= 15 is 0 Å². The molecule has 0 bridgehead atoms. The van der Waals surface area contributed by atoms with Gasteiger partial charge in [-0.1, -0.05) is 36.4 Å². The average molecular weight is 288 g/mol. The number of aliphatic carboxylic acids is 2. The summed E-state index contributed by atoms with van der Waals surface area (Å²) >= 11 is 0. The molecule has 0 amide bonds. The van der Waals surface area contributed by atoms with E-state index < -0.39 is 17.9 Å². The van der Waals surface area contributed by atoms with E-state index in [1.807, 2.05) is 30.3 Å². The molecule has 0 saturated carbocycles. The second kappa shape index (κ2) is 7.44. The van der Waals surface area contributed by atoms with E-state index in [-0.39, 0.29) is 0 Å². The van der Waals surface area contributed by atoms with Crippen molar-refractivity contribution in [3.63, 3.8) is 0 Å². The zero-order valence-corrected chi connectivity index (χ0v) is 10.8. The molecule has 6 nitrogen and oxygen atoms in total. The monoisotopic (exact) mass is 288 g/mol. The highest BCUT2D eigenvalue weighted by Gasteiger charge is 2.05. The number of carboxylic acids is 3. The van der Waals surface area contributed by atoms with Crippen LogP contribution in [0.15, 0.2) is 54.6 Å². The van der Waals surface area contributed by atoms with E-state index in [2.05, 4.69) is 0 Å². The fraction of sp³-hybridized carbons (Fsp3) is 0. The van der Waals surface area contributed by atoms with Crippen LogP contribution in [0.25, 0.3) is 10.8 Å². The molecule has 2 aromatic rings. The minimum absolute atomic E-state index is 0.359. The molecule has 0 atom stereocenters. The zero-order chi connectivity index (χ0) is 15.8. The third-order valence-electron chi connectivity index (χ3n) is 2.39. The molecule has 0 aliphatic carbocycles. The normalized spacial score (nSPS) is 9.90. The summed E-state index contributed by atoms with van der Waals surface area (Å²) in [6.07, 6.45) is 1.12. The van der Waals surface area contributed by atoms with Crippen LogP contribution in [0.3, 0.4) is 0 Å². The van der Waals surface area contributed by atoms with Crippen molar-refractivity contribution in [3.05, 3.63) is 60.2 Å². The maximum Gasteiger partial charge on any atom is 0.336 e. The largest absolute Gasteiger partial charge is 0.478 e. The highest BCUT2D eigenvalue weighted by Crippen LogP contribution is 2.17. The van der Waals surface area contributed by atoms with Crippen molar-refractivity contribution >= 4 is 28.7 Å². The van der Waals surface area contributed by atoms with E-state index in [9.17, 15) is 14.4 Å². The molecule has 6 heteroatoms. The fourth-order valence-electron chi connectivity index (χ4n) is 1.55. The lowest BCUT2D eigenvalue weighted by Crippen LogP contribution is -1.96. The van der Waals surface area contributed by atoms with Gasteiger partial charge in [-0.3, -0.25) is 0 Å². The van der Waals surface area contributed by atoms with Gasteiger partial charge < -0.3 is 15.3 Å².